The zero-order valence-electron chi connectivity index (χ0n) is 15.6. The molecule has 0 saturated carbocycles. The first-order valence-electron chi connectivity index (χ1n) is 9.44. The molecule has 1 N–H and O–H groups in total. The first-order chi connectivity index (χ1) is 13.1. The van der Waals surface area contributed by atoms with Gasteiger partial charge in [0.05, 0.1) is 0 Å². The molecule has 1 aliphatic rings. The molecule has 7 heteroatoms. The van der Waals surface area contributed by atoms with Gasteiger partial charge >= 0.3 is 0 Å². The zero-order valence-corrected chi connectivity index (χ0v) is 15.6. The van der Waals surface area contributed by atoms with Crippen LogP contribution in [0.4, 0.5) is 0 Å². The minimum atomic E-state index is -0.120. The largest absolute Gasteiger partial charge is 0.352 e. The average molecular weight is 365 g/mol. The Hall–Kier alpha value is -2.96. The summed E-state index contributed by atoms with van der Waals surface area (Å²) in [5.41, 5.74) is 2.39. The van der Waals surface area contributed by atoms with Crippen LogP contribution in [0.25, 0.3) is 17.2 Å². The van der Waals surface area contributed by atoms with Crippen molar-refractivity contribution in [1.29, 1.82) is 0 Å². The summed E-state index contributed by atoms with van der Waals surface area (Å²) in [6.07, 6.45) is 3.28. The maximum absolute atomic E-state index is 12.9. The van der Waals surface area contributed by atoms with Gasteiger partial charge in [-0.15, -0.1) is 5.10 Å². The number of hydrogen-bond donors (Lipinski definition) is 1. The van der Waals surface area contributed by atoms with Gasteiger partial charge in [-0.05, 0) is 32.6 Å². The molecule has 1 aromatic carbocycles. The van der Waals surface area contributed by atoms with Crippen molar-refractivity contribution in [3.63, 3.8) is 0 Å². The van der Waals surface area contributed by atoms with E-state index in [1.807, 2.05) is 48.7 Å². The Morgan fingerprint density at radius 1 is 1.26 bits per heavy atom. The molecule has 2 heterocycles. The Morgan fingerprint density at radius 2 is 2.04 bits per heavy atom. The lowest BCUT2D eigenvalue weighted by Crippen LogP contribution is -2.36. The van der Waals surface area contributed by atoms with Crippen LogP contribution in [0.2, 0.25) is 0 Å². The Labute approximate surface area is 157 Å². The molecule has 4 rings (SSSR count). The van der Waals surface area contributed by atoms with Gasteiger partial charge in [0.15, 0.2) is 5.82 Å². The van der Waals surface area contributed by atoms with Crippen LogP contribution in [0.3, 0.4) is 0 Å². The highest BCUT2D eigenvalue weighted by molar-refractivity contribution is 5.76. The predicted molar refractivity (Wildman–Crippen MR) is 103 cm³/mol. The summed E-state index contributed by atoms with van der Waals surface area (Å²) in [5.74, 6) is 0.847. The topological polar surface area (TPSA) is 81.3 Å². The van der Waals surface area contributed by atoms with E-state index in [2.05, 4.69) is 15.4 Å². The first-order valence-corrected chi connectivity index (χ1v) is 9.44. The summed E-state index contributed by atoms with van der Waals surface area (Å²) >= 11 is 0. The molecule has 27 heavy (non-hydrogen) atoms. The van der Waals surface area contributed by atoms with Crippen LogP contribution in [0.15, 0.2) is 35.1 Å². The predicted octanol–water partition coefficient (Wildman–Crippen LogP) is 1.96. The van der Waals surface area contributed by atoms with Crippen LogP contribution in [0.1, 0.15) is 37.9 Å². The van der Waals surface area contributed by atoms with Gasteiger partial charge in [0.25, 0.3) is 5.56 Å². The van der Waals surface area contributed by atoms with E-state index in [-0.39, 0.29) is 24.1 Å². The highest BCUT2D eigenvalue weighted by atomic mass is 16.2. The van der Waals surface area contributed by atoms with Gasteiger partial charge in [0.2, 0.25) is 11.7 Å². The van der Waals surface area contributed by atoms with E-state index in [9.17, 15) is 9.59 Å². The molecular weight excluding hydrogens is 342 g/mol. The number of amides is 1. The van der Waals surface area contributed by atoms with E-state index in [0.29, 0.717) is 11.6 Å². The van der Waals surface area contributed by atoms with E-state index in [0.717, 1.165) is 42.5 Å². The summed E-state index contributed by atoms with van der Waals surface area (Å²) in [6.45, 7) is 4.15. The highest BCUT2D eigenvalue weighted by Gasteiger charge is 2.25. The van der Waals surface area contributed by atoms with Crippen molar-refractivity contribution >= 4 is 11.7 Å². The SMILES string of the molecule is CC[C@H](C)NC(=O)Cn1c2c(c(=O)n3nc(-c4ccccc4)nc13)CCC2. The summed E-state index contributed by atoms with van der Waals surface area (Å²) in [7, 11) is 0. The smallest absolute Gasteiger partial charge is 0.279 e. The van der Waals surface area contributed by atoms with E-state index >= 15 is 0 Å². The third kappa shape index (κ3) is 3.13. The number of aromatic nitrogens is 4. The fraction of sp³-hybridized carbons (Fsp3) is 0.400. The van der Waals surface area contributed by atoms with Crippen molar-refractivity contribution in [2.45, 2.75) is 52.1 Å². The summed E-state index contributed by atoms with van der Waals surface area (Å²) < 4.78 is 3.21. The second-order valence-electron chi connectivity index (χ2n) is 7.06. The molecule has 0 radical (unpaired) electrons. The normalized spacial score (nSPS) is 14.3. The van der Waals surface area contributed by atoms with Gasteiger partial charge in [-0.3, -0.25) is 9.59 Å². The fourth-order valence-corrected chi connectivity index (χ4v) is 3.56. The molecule has 0 bridgehead atoms. The maximum Gasteiger partial charge on any atom is 0.279 e. The number of hydrogen-bond acceptors (Lipinski definition) is 4. The number of nitrogens with one attached hydrogen (secondary N) is 1. The van der Waals surface area contributed by atoms with Gasteiger partial charge in [-0.25, -0.2) is 0 Å². The molecule has 1 amide bonds. The second-order valence-corrected chi connectivity index (χ2v) is 7.06. The van der Waals surface area contributed by atoms with Gasteiger partial charge < -0.3 is 9.88 Å². The molecule has 1 aliphatic carbocycles. The van der Waals surface area contributed by atoms with Gasteiger partial charge in [0.1, 0.15) is 6.54 Å². The first kappa shape index (κ1) is 17.5. The standard InChI is InChI=1S/C20H23N5O2/c1-3-13(2)21-17(26)12-24-16-11-7-10-15(16)19(27)25-20(24)22-18(23-25)14-8-5-4-6-9-14/h4-6,8-9,13H,3,7,10-12H2,1-2H3,(H,21,26)/t13-/m0/s1. The van der Waals surface area contributed by atoms with E-state index < -0.39 is 0 Å². The number of fused-ring (bicyclic) bond motifs is 2. The Kier molecular flexibility index (Phi) is 4.51. The van der Waals surface area contributed by atoms with Crippen molar-refractivity contribution in [3.8, 4) is 11.4 Å². The molecule has 0 spiro atoms. The quantitative estimate of drug-likeness (QED) is 0.749. The molecule has 0 saturated heterocycles. The third-order valence-corrected chi connectivity index (χ3v) is 5.15. The molecule has 140 valence electrons. The third-order valence-electron chi connectivity index (χ3n) is 5.15. The van der Waals surface area contributed by atoms with Crippen molar-refractivity contribution in [1.82, 2.24) is 24.5 Å². The lowest BCUT2D eigenvalue weighted by Gasteiger charge is -2.16. The Morgan fingerprint density at radius 3 is 2.78 bits per heavy atom. The molecule has 2 aromatic heterocycles. The van der Waals surface area contributed by atoms with Crippen LogP contribution in [0.5, 0.6) is 0 Å². The molecule has 0 unspecified atom stereocenters. The second kappa shape index (κ2) is 6.98. The van der Waals surface area contributed by atoms with Crippen molar-refractivity contribution < 1.29 is 4.79 Å². The lowest BCUT2D eigenvalue weighted by molar-refractivity contribution is -0.122. The molecule has 7 nitrogen and oxygen atoms in total. The number of carbonyl (C=O) groups excluding carboxylic acids is 1. The van der Waals surface area contributed by atoms with Crippen molar-refractivity contribution in [3.05, 3.63) is 51.9 Å². The molecule has 3 aromatic rings. The fourth-order valence-electron chi connectivity index (χ4n) is 3.56. The lowest BCUT2D eigenvalue weighted by atomic mass is 10.2. The Balaban J connectivity index is 1.84. The van der Waals surface area contributed by atoms with Crippen molar-refractivity contribution in [2.75, 3.05) is 0 Å². The number of benzene rings is 1. The number of nitrogens with zero attached hydrogens (tertiary/aromatic N) is 4. The van der Waals surface area contributed by atoms with Crippen LogP contribution in [0, 0.1) is 0 Å². The highest BCUT2D eigenvalue weighted by Crippen LogP contribution is 2.22. The van der Waals surface area contributed by atoms with E-state index in [4.69, 9.17) is 0 Å². The van der Waals surface area contributed by atoms with Crippen LogP contribution < -0.4 is 10.9 Å². The minimum absolute atomic E-state index is 0.0757. The monoisotopic (exact) mass is 365 g/mol. The van der Waals surface area contributed by atoms with Crippen LogP contribution in [-0.4, -0.2) is 31.1 Å². The summed E-state index contributed by atoms with van der Waals surface area (Å²) in [4.78, 5) is 30.0. The van der Waals surface area contributed by atoms with Crippen LogP contribution in [-0.2, 0) is 24.2 Å². The molecule has 0 aliphatic heterocycles. The summed E-state index contributed by atoms with van der Waals surface area (Å²) in [5, 5.41) is 7.44. The van der Waals surface area contributed by atoms with Crippen LogP contribution >= 0.6 is 0 Å². The zero-order chi connectivity index (χ0) is 19.0. The molecule has 0 fully saturated rings. The minimum Gasteiger partial charge on any atom is -0.352 e. The number of carbonyl (C=O) groups is 1. The van der Waals surface area contributed by atoms with E-state index in [1.165, 1.54) is 4.52 Å². The molecule has 1 atom stereocenters. The van der Waals surface area contributed by atoms with Crippen molar-refractivity contribution in [2.24, 2.45) is 0 Å². The Bertz CT molecular complexity index is 1050. The number of rotatable bonds is 5. The average Bonchev–Trinajstić information content (AvgIpc) is 3.33. The van der Waals surface area contributed by atoms with Gasteiger partial charge in [0, 0.05) is 22.9 Å². The maximum atomic E-state index is 12.9. The van der Waals surface area contributed by atoms with Gasteiger partial charge in [-0.1, -0.05) is 37.3 Å². The van der Waals surface area contributed by atoms with E-state index in [1.54, 1.807) is 0 Å². The summed E-state index contributed by atoms with van der Waals surface area (Å²) in [6, 6.07) is 9.67. The van der Waals surface area contributed by atoms with Gasteiger partial charge in [-0.2, -0.15) is 9.50 Å². The molecular formula is C20H23N5O2.